The maximum atomic E-state index is 11.4. The zero-order chi connectivity index (χ0) is 15.2. The second-order valence-electron chi connectivity index (χ2n) is 5.37. The van der Waals surface area contributed by atoms with E-state index in [1.54, 1.807) is 18.2 Å². The average Bonchev–Trinajstić information content (AvgIpc) is 2.53. The molecule has 5 heteroatoms. The molecule has 1 aliphatic rings. The topological polar surface area (TPSA) is 78.6 Å². The molecule has 1 amide bonds. The number of methoxy groups -OCH3 is 1. The van der Waals surface area contributed by atoms with Crippen LogP contribution in [0.15, 0.2) is 24.3 Å². The Labute approximate surface area is 124 Å². The molecule has 0 bridgehead atoms. The van der Waals surface area contributed by atoms with Crippen LogP contribution in [0.5, 0.6) is 0 Å². The van der Waals surface area contributed by atoms with Gasteiger partial charge in [-0.05, 0) is 43.4 Å². The van der Waals surface area contributed by atoms with Crippen LogP contribution in [0.2, 0.25) is 0 Å². The van der Waals surface area contributed by atoms with Crippen molar-refractivity contribution < 1.29 is 19.1 Å². The van der Waals surface area contributed by atoms with Gasteiger partial charge in [0.1, 0.15) is 0 Å². The Bertz CT molecular complexity index is 507. The van der Waals surface area contributed by atoms with Gasteiger partial charge in [-0.2, -0.15) is 0 Å². The summed E-state index contributed by atoms with van der Waals surface area (Å²) in [4.78, 5) is 22.6. The highest BCUT2D eigenvalue weighted by Crippen LogP contribution is 2.27. The lowest BCUT2D eigenvalue weighted by molar-refractivity contribution is -0.147. The van der Waals surface area contributed by atoms with Gasteiger partial charge in [0.25, 0.3) is 0 Å². The SMILES string of the molecule is COC(=O)C1CCC(OCc2cccc(C(N)=O)c2)CC1. The predicted octanol–water partition coefficient (Wildman–Crippen LogP) is 2.03. The fourth-order valence-electron chi connectivity index (χ4n) is 2.66. The molecule has 5 nitrogen and oxygen atoms in total. The molecule has 0 aromatic heterocycles. The number of hydrogen-bond donors (Lipinski definition) is 1. The van der Waals surface area contributed by atoms with Crippen molar-refractivity contribution in [2.75, 3.05) is 7.11 Å². The van der Waals surface area contributed by atoms with Crippen LogP contribution in [0.3, 0.4) is 0 Å². The number of ether oxygens (including phenoxy) is 2. The summed E-state index contributed by atoms with van der Waals surface area (Å²) >= 11 is 0. The van der Waals surface area contributed by atoms with Gasteiger partial charge in [0.2, 0.25) is 5.91 Å². The Morgan fingerprint density at radius 1 is 1.24 bits per heavy atom. The number of carbonyl (C=O) groups is 2. The molecule has 2 N–H and O–H groups in total. The Morgan fingerprint density at radius 2 is 1.95 bits per heavy atom. The van der Waals surface area contributed by atoms with Crippen LogP contribution < -0.4 is 5.73 Å². The number of hydrogen-bond acceptors (Lipinski definition) is 4. The van der Waals surface area contributed by atoms with Crippen LogP contribution in [0.1, 0.15) is 41.6 Å². The summed E-state index contributed by atoms with van der Waals surface area (Å²) in [5.74, 6) is -0.550. The van der Waals surface area contributed by atoms with Gasteiger partial charge < -0.3 is 15.2 Å². The van der Waals surface area contributed by atoms with Crippen molar-refractivity contribution in [2.45, 2.75) is 38.4 Å². The van der Waals surface area contributed by atoms with E-state index < -0.39 is 5.91 Å². The van der Waals surface area contributed by atoms with Gasteiger partial charge in [0.15, 0.2) is 0 Å². The largest absolute Gasteiger partial charge is 0.469 e. The van der Waals surface area contributed by atoms with E-state index in [4.69, 9.17) is 15.2 Å². The van der Waals surface area contributed by atoms with Crippen LogP contribution >= 0.6 is 0 Å². The van der Waals surface area contributed by atoms with Gasteiger partial charge in [-0.1, -0.05) is 12.1 Å². The number of benzene rings is 1. The van der Waals surface area contributed by atoms with Crippen molar-refractivity contribution in [2.24, 2.45) is 11.7 Å². The summed E-state index contributed by atoms with van der Waals surface area (Å²) in [5.41, 5.74) is 6.68. The maximum Gasteiger partial charge on any atom is 0.308 e. The van der Waals surface area contributed by atoms with Gasteiger partial charge in [-0.25, -0.2) is 0 Å². The standard InChI is InChI=1S/C16H21NO4/c1-20-16(19)12-5-7-14(8-6-12)21-10-11-3-2-4-13(9-11)15(17)18/h2-4,9,12,14H,5-8,10H2,1H3,(H2,17,18). The molecule has 1 saturated carbocycles. The minimum Gasteiger partial charge on any atom is -0.469 e. The van der Waals surface area contributed by atoms with E-state index in [0.717, 1.165) is 31.2 Å². The average molecular weight is 291 g/mol. The smallest absolute Gasteiger partial charge is 0.308 e. The molecular weight excluding hydrogens is 270 g/mol. The van der Waals surface area contributed by atoms with E-state index in [1.807, 2.05) is 6.07 Å². The highest BCUT2D eigenvalue weighted by atomic mass is 16.5. The number of nitrogens with two attached hydrogens (primary N) is 1. The Hall–Kier alpha value is -1.88. The lowest BCUT2D eigenvalue weighted by Gasteiger charge is -2.27. The molecule has 0 spiro atoms. The molecule has 1 aromatic carbocycles. The molecule has 114 valence electrons. The van der Waals surface area contributed by atoms with Gasteiger partial charge in [-0.3, -0.25) is 9.59 Å². The molecule has 0 aliphatic heterocycles. The third-order valence-corrected chi connectivity index (χ3v) is 3.91. The van der Waals surface area contributed by atoms with Crippen molar-refractivity contribution in [3.63, 3.8) is 0 Å². The highest BCUT2D eigenvalue weighted by Gasteiger charge is 2.27. The van der Waals surface area contributed by atoms with E-state index in [2.05, 4.69) is 0 Å². The van der Waals surface area contributed by atoms with E-state index in [-0.39, 0.29) is 18.0 Å². The molecule has 0 radical (unpaired) electrons. The molecule has 0 atom stereocenters. The first-order valence-electron chi connectivity index (χ1n) is 7.18. The minimum absolute atomic E-state index is 0.00744. The fraction of sp³-hybridized carbons (Fsp3) is 0.500. The van der Waals surface area contributed by atoms with Crippen molar-refractivity contribution in [1.29, 1.82) is 0 Å². The third kappa shape index (κ3) is 4.29. The molecule has 0 unspecified atom stereocenters. The maximum absolute atomic E-state index is 11.4. The van der Waals surface area contributed by atoms with Crippen LogP contribution in [0, 0.1) is 5.92 Å². The number of amides is 1. The van der Waals surface area contributed by atoms with Crippen molar-refractivity contribution in [1.82, 2.24) is 0 Å². The zero-order valence-corrected chi connectivity index (χ0v) is 12.2. The summed E-state index contributed by atoms with van der Waals surface area (Å²) in [6, 6.07) is 7.15. The second-order valence-corrected chi connectivity index (χ2v) is 5.37. The molecule has 1 aromatic rings. The normalized spacial score (nSPS) is 21.8. The summed E-state index contributed by atoms with van der Waals surface area (Å²) in [6.45, 7) is 0.453. The number of carbonyl (C=O) groups excluding carboxylic acids is 2. The van der Waals surface area contributed by atoms with E-state index >= 15 is 0 Å². The quantitative estimate of drug-likeness (QED) is 0.842. The Morgan fingerprint density at radius 3 is 2.57 bits per heavy atom. The molecule has 0 saturated heterocycles. The summed E-state index contributed by atoms with van der Waals surface area (Å²) in [5, 5.41) is 0. The van der Waals surface area contributed by atoms with Gasteiger partial charge in [-0.15, -0.1) is 0 Å². The van der Waals surface area contributed by atoms with E-state index in [1.165, 1.54) is 7.11 Å². The monoisotopic (exact) mass is 291 g/mol. The molecular formula is C16H21NO4. The van der Waals surface area contributed by atoms with E-state index in [9.17, 15) is 9.59 Å². The first kappa shape index (κ1) is 15.5. The first-order valence-corrected chi connectivity index (χ1v) is 7.18. The van der Waals surface area contributed by atoms with Crippen molar-refractivity contribution >= 4 is 11.9 Å². The summed E-state index contributed by atoms with van der Waals surface area (Å²) in [7, 11) is 1.43. The summed E-state index contributed by atoms with van der Waals surface area (Å²) < 4.78 is 10.6. The zero-order valence-electron chi connectivity index (χ0n) is 12.2. The number of primary amides is 1. The van der Waals surface area contributed by atoms with Gasteiger partial charge >= 0.3 is 5.97 Å². The number of rotatable bonds is 5. The molecule has 2 rings (SSSR count). The predicted molar refractivity (Wildman–Crippen MR) is 77.5 cm³/mol. The van der Waals surface area contributed by atoms with Crippen molar-refractivity contribution in [3.8, 4) is 0 Å². The minimum atomic E-state index is -0.435. The highest BCUT2D eigenvalue weighted by molar-refractivity contribution is 5.92. The van der Waals surface area contributed by atoms with Crippen molar-refractivity contribution in [3.05, 3.63) is 35.4 Å². The third-order valence-electron chi connectivity index (χ3n) is 3.91. The molecule has 0 heterocycles. The lowest BCUT2D eigenvalue weighted by atomic mass is 9.87. The van der Waals surface area contributed by atoms with Gasteiger partial charge in [0, 0.05) is 5.56 Å². The summed E-state index contributed by atoms with van der Waals surface area (Å²) in [6.07, 6.45) is 3.48. The molecule has 1 aliphatic carbocycles. The van der Waals surface area contributed by atoms with Crippen LogP contribution in [-0.4, -0.2) is 25.1 Å². The van der Waals surface area contributed by atoms with Crippen LogP contribution in [0.4, 0.5) is 0 Å². The Kier molecular flexibility index (Phi) is 5.33. The van der Waals surface area contributed by atoms with Gasteiger partial charge in [0.05, 0.1) is 25.7 Å². The molecule has 1 fully saturated rings. The van der Waals surface area contributed by atoms with Crippen LogP contribution in [-0.2, 0) is 20.9 Å². The van der Waals surface area contributed by atoms with Crippen LogP contribution in [0.25, 0.3) is 0 Å². The fourth-order valence-corrected chi connectivity index (χ4v) is 2.66. The first-order chi connectivity index (χ1) is 10.1. The van der Waals surface area contributed by atoms with E-state index in [0.29, 0.717) is 12.2 Å². The number of esters is 1. The second kappa shape index (κ2) is 7.22. The Balaban J connectivity index is 1.81. The lowest BCUT2D eigenvalue weighted by Crippen LogP contribution is -2.26. The molecule has 21 heavy (non-hydrogen) atoms.